The summed E-state index contributed by atoms with van der Waals surface area (Å²) in [6.45, 7) is -0.223. The van der Waals surface area contributed by atoms with Gasteiger partial charge in [-0.1, -0.05) is 0 Å². The molecule has 3 rings (SSSR count). The van der Waals surface area contributed by atoms with E-state index in [1.807, 2.05) is 0 Å². The zero-order chi connectivity index (χ0) is 18.7. The maximum Gasteiger partial charge on any atom is 0.254 e. The van der Waals surface area contributed by atoms with Crippen molar-refractivity contribution in [2.45, 2.75) is 12.6 Å². The quantitative estimate of drug-likeness (QED) is 0.773. The highest BCUT2D eigenvalue weighted by molar-refractivity contribution is 9.10. The zero-order valence-corrected chi connectivity index (χ0v) is 15.1. The Labute approximate surface area is 156 Å². The lowest BCUT2D eigenvalue weighted by atomic mass is 10.2. The van der Waals surface area contributed by atoms with Gasteiger partial charge >= 0.3 is 0 Å². The predicted molar refractivity (Wildman–Crippen MR) is 93.7 cm³/mol. The van der Waals surface area contributed by atoms with Gasteiger partial charge in [0, 0.05) is 30.4 Å². The van der Waals surface area contributed by atoms with Crippen LogP contribution in [0.4, 0.5) is 14.7 Å². The molecule has 1 fully saturated rings. The first-order chi connectivity index (χ1) is 12.4. The van der Waals surface area contributed by atoms with Crippen LogP contribution in [0.15, 0.2) is 41.1 Å². The smallest absolute Gasteiger partial charge is 0.254 e. The number of anilines is 1. The molecule has 2 atom stereocenters. The van der Waals surface area contributed by atoms with E-state index in [1.165, 1.54) is 29.4 Å². The van der Waals surface area contributed by atoms with Crippen molar-refractivity contribution >= 4 is 33.7 Å². The number of alkyl halides is 1. The first kappa shape index (κ1) is 18.4. The Morgan fingerprint density at radius 2 is 2.00 bits per heavy atom. The fraction of sp³-hybridized carbons (Fsp3) is 0.294. The Kier molecular flexibility index (Phi) is 5.55. The van der Waals surface area contributed by atoms with Gasteiger partial charge in [-0.3, -0.25) is 14.9 Å². The largest absolute Gasteiger partial charge is 0.329 e. The van der Waals surface area contributed by atoms with Crippen molar-refractivity contribution in [2.75, 3.05) is 18.4 Å². The number of nitrogens with one attached hydrogen (secondary N) is 1. The SMILES string of the molecule is O=C(CN(C[C@@H]1C[C@@H]1F)C(=O)c1ccc(Br)c(F)c1)Nc1ncccn1. The summed E-state index contributed by atoms with van der Waals surface area (Å²) in [4.78, 5) is 33.8. The highest BCUT2D eigenvalue weighted by Crippen LogP contribution is 2.34. The molecule has 1 aliphatic carbocycles. The summed E-state index contributed by atoms with van der Waals surface area (Å²) in [5.41, 5.74) is 0.0884. The van der Waals surface area contributed by atoms with Crippen molar-refractivity contribution < 1.29 is 18.4 Å². The zero-order valence-electron chi connectivity index (χ0n) is 13.5. The molecule has 0 spiro atoms. The molecule has 1 saturated carbocycles. The summed E-state index contributed by atoms with van der Waals surface area (Å²) in [6.07, 6.45) is 2.30. The molecule has 0 bridgehead atoms. The average Bonchev–Trinajstić information content (AvgIpc) is 3.31. The fourth-order valence-corrected chi connectivity index (χ4v) is 2.66. The number of hydrogen-bond donors (Lipinski definition) is 1. The number of hydrogen-bond acceptors (Lipinski definition) is 4. The molecule has 26 heavy (non-hydrogen) atoms. The number of amides is 2. The maximum absolute atomic E-state index is 13.7. The molecular formula is C17H15BrF2N4O2. The van der Waals surface area contributed by atoms with Crippen LogP contribution in [0.25, 0.3) is 0 Å². The molecule has 0 aliphatic heterocycles. The molecule has 1 aromatic heterocycles. The third-order valence-corrected chi connectivity index (χ3v) is 4.54. The van der Waals surface area contributed by atoms with E-state index < -0.39 is 23.8 Å². The van der Waals surface area contributed by atoms with Gasteiger partial charge in [-0.2, -0.15) is 0 Å². The van der Waals surface area contributed by atoms with Crippen molar-refractivity contribution in [3.05, 3.63) is 52.5 Å². The molecule has 9 heteroatoms. The molecule has 0 saturated heterocycles. The van der Waals surface area contributed by atoms with E-state index in [2.05, 4.69) is 31.2 Å². The Balaban J connectivity index is 1.72. The van der Waals surface area contributed by atoms with E-state index in [1.54, 1.807) is 6.07 Å². The summed E-state index contributed by atoms with van der Waals surface area (Å²) < 4.78 is 27.2. The third kappa shape index (κ3) is 4.60. The van der Waals surface area contributed by atoms with Gasteiger partial charge in [0.25, 0.3) is 5.91 Å². The van der Waals surface area contributed by atoms with E-state index in [4.69, 9.17) is 0 Å². The lowest BCUT2D eigenvalue weighted by Crippen LogP contribution is -2.39. The molecule has 136 valence electrons. The van der Waals surface area contributed by atoms with E-state index in [-0.39, 0.29) is 35.0 Å². The van der Waals surface area contributed by atoms with Crippen molar-refractivity contribution in [1.82, 2.24) is 14.9 Å². The van der Waals surface area contributed by atoms with Gasteiger partial charge in [0.1, 0.15) is 18.5 Å². The maximum atomic E-state index is 13.7. The van der Waals surface area contributed by atoms with Crippen LogP contribution in [0.5, 0.6) is 0 Å². The van der Waals surface area contributed by atoms with Crippen molar-refractivity contribution in [3.63, 3.8) is 0 Å². The normalized spacial score (nSPS) is 18.3. The molecule has 0 radical (unpaired) electrons. The van der Waals surface area contributed by atoms with Crippen molar-refractivity contribution in [1.29, 1.82) is 0 Å². The van der Waals surface area contributed by atoms with Crippen LogP contribution in [0.2, 0.25) is 0 Å². The highest BCUT2D eigenvalue weighted by atomic mass is 79.9. The standard InChI is InChI=1S/C17H15BrF2N4O2/c18-12-3-2-10(6-14(12)20)16(26)24(8-11-7-13(11)19)9-15(25)23-17-21-4-1-5-22-17/h1-6,11,13H,7-9H2,(H,21,22,23,25)/t11-,13-/m0/s1. The van der Waals surface area contributed by atoms with Crippen LogP contribution in [0, 0.1) is 11.7 Å². The summed E-state index contributed by atoms with van der Waals surface area (Å²) in [6, 6.07) is 5.54. The van der Waals surface area contributed by atoms with Crippen molar-refractivity contribution in [3.8, 4) is 0 Å². The Morgan fingerprint density at radius 3 is 2.62 bits per heavy atom. The van der Waals surface area contributed by atoms with Gasteiger partial charge in [0.15, 0.2) is 0 Å². The van der Waals surface area contributed by atoms with Crippen LogP contribution in [-0.4, -0.2) is 45.9 Å². The Hall–Kier alpha value is -2.42. The lowest BCUT2D eigenvalue weighted by molar-refractivity contribution is -0.117. The van der Waals surface area contributed by atoms with Gasteiger partial charge in [-0.05, 0) is 46.6 Å². The van der Waals surface area contributed by atoms with Crippen LogP contribution < -0.4 is 5.32 Å². The number of nitrogens with zero attached hydrogens (tertiary/aromatic N) is 3. The molecule has 6 nitrogen and oxygen atoms in total. The first-order valence-corrected chi connectivity index (χ1v) is 8.68. The van der Waals surface area contributed by atoms with Gasteiger partial charge < -0.3 is 4.90 Å². The summed E-state index contributed by atoms with van der Waals surface area (Å²) >= 11 is 3.02. The van der Waals surface area contributed by atoms with Gasteiger partial charge in [0.05, 0.1) is 4.47 Å². The molecule has 1 aliphatic rings. The van der Waals surface area contributed by atoms with Crippen molar-refractivity contribution in [2.24, 2.45) is 5.92 Å². The molecule has 0 unspecified atom stereocenters. The number of carbonyl (C=O) groups excluding carboxylic acids is 2. The molecule has 1 N–H and O–H groups in total. The summed E-state index contributed by atoms with van der Waals surface area (Å²) in [5.74, 6) is -1.85. The van der Waals surface area contributed by atoms with E-state index in [9.17, 15) is 18.4 Å². The van der Waals surface area contributed by atoms with E-state index >= 15 is 0 Å². The van der Waals surface area contributed by atoms with Crippen LogP contribution in [0.3, 0.4) is 0 Å². The van der Waals surface area contributed by atoms with E-state index in [0.29, 0.717) is 6.42 Å². The number of halogens is 3. The van der Waals surface area contributed by atoms with E-state index in [0.717, 1.165) is 6.07 Å². The Morgan fingerprint density at radius 1 is 1.31 bits per heavy atom. The molecule has 2 aromatic rings. The summed E-state index contributed by atoms with van der Waals surface area (Å²) in [7, 11) is 0. The van der Waals surface area contributed by atoms with Gasteiger partial charge in [0.2, 0.25) is 11.9 Å². The fourth-order valence-electron chi connectivity index (χ4n) is 2.41. The minimum Gasteiger partial charge on any atom is -0.329 e. The number of rotatable bonds is 6. The lowest BCUT2D eigenvalue weighted by Gasteiger charge is -2.22. The first-order valence-electron chi connectivity index (χ1n) is 7.89. The van der Waals surface area contributed by atoms with Crippen LogP contribution >= 0.6 is 15.9 Å². The second kappa shape index (κ2) is 7.86. The number of aromatic nitrogens is 2. The second-order valence-electron chi connectivity index (χ2n) is 5.95. The monoisotopic (exact) mass is 424 g/mol. The molecule has 1 aromatic carbocycles. The highest BCUT2D eigenvalue weighted by Gasteiger charge is 2.40. The van der Waals surface area contributed by atoms with Gasteiger partial charge in [-0.15, -0.1) is 0 Å². The van der Waals surface area contributed by atoms with Crippen LogP contribution in [0.1, 0.15) is 16.8 Å². The average molecular weight is 425 g/mol. The second-order valence-corrected chi connectivity index (χ2v) is 6.80. The minimum atomic E-state index is -0.979. The minimum absolute atomic E-state index is 0.0841. The van der Waals surface area contributed by atoms with Gasteiger partial charge in [-0.25, -0.2) is 18.7 Å². The van der Waals surface area contributed by atoms with Crippen LogP contribution in [-0.2, 0) is 4.79 Å². The molecule has 1 heterocycles. The third-order valence-electron chi connectivity index (χ3n) is 3.90. The molecule has 2 amide bonds. The number of benzene rings is 1. The topological polar surface area (TPSA) is 75.2 Å². The summed E-state index contributed by atoms with van der Waals surface area (Å²) in [5, 5.41) is 2.47. The molecular weight excluding hydrogens is 410 g/mol. The predicted octanol–water partition coefficient (Wildman–Crippen LogP) is 2.82. The Bertz CT molecular complexity index is 822. The number of carbonyl (C=O) groups is 2.